The first-order valence-electron chi connectivity index (χ1n) is 12.2. The van der Waals surface area contributed by atoms with Crippen molar-refractivity contribution in [2.75, 3.05) is 0 Å². The van der Waals surface area contributed by atoms with E-state index in [0.29, 0.717) is 10.8 Å². The van der Waals surface area contributed by atoms with Gasteiger partial charge in [-0.2, -0.15) is 0 Å². The normalized spacial score (nSPS) is 43.9. The van der Waals surface area contributed by atoms with E-state index >= 15 is 0 Å². The molecule has 0 amide bonds. The molecule has 3 fully saturated rings. The third kappa shape index (κ3) is 3.38. The van der Waals surface area contributed by atoms with Crippen LogP contribution in [0.15, 0.2) is 23.8 Å². The van der Waals surface area contributed by atoms with E-state index in [4.69, 9.17) is 0 Å². The summed E-state index contributed by atoms with van der Waals surface area (Å²) >= 11 is 0. The van der Waals surface area contributed by atoms with E-state index < -0.39 is 0 Å². The highest BCUT2D eigenvalue weighted by Crippen LogP contribution is 2.66. The van der Waals surface area contributed by atoms with Gasteiger partial charge in [-0.25, -0.2) is 0 Å². The molecule has 0 aromatic carbocycles. The lowest BCUT2D eigenvalue weighted by atomic mass is 9.47. The second-order valence-electron chi connectivity index (χ2n) is 11.7. The van der Waals surface area contributed by atoms with Crippen molar-refractivity contribution >= 4 is 0 Å². The molecule has 4 aliphatic carbocycles. The zero-order valence-electron chi connectivity index (χ0n) is 18.7. The molecule has 0 aliphatic heterocycles. The third-order valence-corrected chi connectivity index (χ3v) is 9.84. The number of hydrogen-bond donors (Lipinski definition) is 0. The molecule has 0 nitrogen and oxygen atoms in total. The summed E-state index contributed by atoms with van der Waals surface area (Å²) < 4.78 is 0. The highest BCUT2D eigenvalue weighted by Gasteiger charge is 2.57. The van der Waals surface area contributed by atoms with Crippen LogP contribution < -0.4 is 0 Å². The van der Waals surface area contributed by atoms with Crippen LogP contribution in [0.2, 0.25) is 0 Å². The maximum absolute atomic E-state index is 4.32. The first-order valence-corrected chi connectivity index (χ1v) is 12.2. The summed E-state index contributed by atoms with van der Waals surface area (Å²) in [4.78, 5) is 0. The predicted molar refractivity (Wildman–Crippen MR) is 118 cm³/mol. The summed E-state index contributed by atoms with van der Waals surface area (Å²) in [5.41, 5.74) is 4.41. The second kappa shape index (κ2) is 7.38. The van der Waals surface area contributed by atoms with Gasteiger partial charge in [0.05, 0.1) is 0 Å². The van der Waals surface area contributed by atoms with Gasteiger partial charge in [-0.1, -0.05) is 70.8 Å². The molecule has 152 valence electrons. The van der Waals surface area contributed by atoms with Gasteiger partial charge in [-0.05, 0) is 98.2 Å². The summed E-state index contributed by atoms with van der Waals surface area (Å²) in [6, 6.07) is 0. The third-order valence-electron chi connectivity index (χ3n) is 9.84. The molecule has 0 aromatic heterocycles. The Kier molecular flexibility index (Phi) is 5.41. The molecule has 27 heavy (non-hydrogen) atoms. The van der Waals surface area contributed by atoms with Gasteiger partial charge < -0.3 is 0 Å². The zero-order valence-corrected chi connectivity index (χ0v) is 18.7. The largest absolute Gasteiger partial charge is 0.0995 e. The zero-order chi connectivity index (χ0) is 19.2. The summed E-state index contributed by atoms with van der Waals surface area (Å²) in [5.74, 6) is 4.84. The van der Waals surface area contributed by atoms with Crippen LogP contribution in [-0.4, -0.2) is 0 Å². The Labute approximate surface area is 169 Å². The van der Waals surface area contributed by atoms with E-state index in [1.807, 2.05) is 0 Å². The topological polar surface area (TPSA) is 0 Å². The van der Waals surface area contributed by atoms with Crippen LogP contribution in [-0.2, 0) is 0 Å². The highest BCUT2D eigenvalue weighted by atomic mass is 14.6. The Morgan fingerprint density at radius 3 is 2.67 bits per heavy atom. The van der Waals surface area contributed by atoms with E-state index in [1.54, 1.807) is 5.57 Å². The minimum Gasteiger partial charge on any atom is -0.0995 e. The van der Waals surface area contributed by atoms with Gasteiger partial charge in [-0.15, -0.1) is 0 Å². The maximum Gasteiger partial charge on any atom is -0.00790 e. The molecule has 0 heteroatoms. The molecule has 4 aliphatic rings. The summed E-state index contributed by atoms with van der Waals surface area (Å²) in [7, 11) is 0. The van der Waals surface area contributed by atoms with Crippen molar-refractivity contribution in [1.29, 1.82) is 0 Å². The van der Waals surface area contributed by atoms with Crippen LogP contribution in [0.25, 0.3) is 0 Å². The van der Waals surface area contributed by atoms with E-state index in [1.165, 1.54) is 82.6 Å². The van der Waals surface area contributed by atoms with E-state index in [-0.39, 0.29) is 0 Å². The Bertz CT molecular complexity index is 595. The molecule has 6 unspecified atom stereocenters. The van der Waals surface area contributed by atoms with Crippen molar-refractivity contribution in [2.24, 2.45) is 40.4 Å². The molecular weight excluding hydrogens is 324 g/mol. The fourth-order valence-electron chi connectivity index (χ4n) is 8.10. The second-order valence-corrected chi connectivity index (χ2v) is 11.7. The lowest BCUT2D eigenvalue weighted by Gasteiger charge is -2.58. The number of unbranched alkanes of at least 4 members (excludes halogenated alkanes) is 1. The van der Waals surface area contributed by atoms with Gasteiger partial charge in [0.15, 0.2) is 0 Å². The Morgan fingerprint density at radius 2 is 1.89 bits per heavy atom. The number of fused-ring (bicyclic) bond motifs is 5. The van der Waals surface area contributed by atoms with Gasteiger partial charge in [-0.3, -0.25) is 0 Å². The molecule has 0 bridgehead atoms. The van der Waals surface area contributed by atoms with Gasteiger partial charge in [0, 0.05) is 0 Å². The van der Waals surface area contributed by atoms with Crippen LogP contribution in [0, 0.1) is 40.4 Å². The number of rotatable bonds is 5. The van der Waals surface area contributed by atoms with Gasteiger partial charge in [0.1, 0.15) is 0 Å². The molecule has 0 saturated heterocycles. The van der Waals surface area contributed by atoms with E-state index in [0.717, 1.165) is 29.6 Å². The average molecular weight is 369 g/mol. The lowest BCUT2D eigenvalue weighted by Crippen LogP contribution is -2.49. The molecule has 3 saturated carbocycles. The lowest BCUT2D eigenvalue weighted by molar-refractivity contribution is -0.0403. The van der Waals surface area contributed by atoms with Crippen LogP contribution in [0.3, 0.4) is 0 Å². The van der Waals surface area contributed by atoms with Crippen molar-refractivity contribution in [3.8, 4) is 0 Å². The van der Waals surface area contributed by atoms with Crippen molar-refractivity contribution in [3.05, 3.63) is 23.8 Å². The van der Waals surface area contributed by atoms with Crippen molar-refractivity contribution < 1.29 is 0 Å². The molecular formula is C27H44. The van der Waals surface area contributed by atoms with Crippen LogP contribution >= 0.6 is 0 Å². The first-order chi connectivity index (χ1) is 12.8. The molecule has 0 N–H and O–H groups in total. The SMILES string of the molecule is C=C1CCC2(C)C(=CCC3C2CCC2(C)C(CCCCC(C)C)CCC32)C1. The summed E-state index contributed by atoms with van der Waals surface area (Å²) in [6.45, 7) is 14.4. The van der Waals surface area contributed by atoms with Crippen LogP contribution in [0.5, 0.6) is 0 Å². The van der Waals surface area contributed by atoms with E-state index in [9.17, 15) is 0 Å². The van der Waals surface area contributed by atoms with Crippen molar-refractivity contribution in [2.45, 2.75) is 105 Å². The average Bonchev–Trinajstić information content (AvgIpc) is 2.96. The van der Waals surface area contributed by atoms with E-state index in [2.05, 4.69) is 40.3 Å². The Balaban J connectivity index is 1.46. The van der Waals surface area contributed by atoms with Gasteiger partial charge in [0.2, 0.25) is 0 Å². The highest BCUT2D eigenvalue weighted by molar-refractivity contribution is 5.30. The van der Waals surface area contributed by atoms with Crippen molar-refractivity contribution in [1.82, 2.24) is 0 Å². The molecule has 6 atom stereocenters. The molecule has 0 spiro atoms. The maximum atomic E-state index is 4.32. The van der Waals surface area contributed by atoms with Gasteiger partial charge >= 0.3 is 0 Å². The smallest absolute Gasteiger partial charge is 0.00790 e. The molecule has 0 heterocycles. The quantitative estimate of drug-likeness (QED) is 0.338. The molecule has 0 aromatic rings. The summed E-state index contributed by atoms with van der Waals surface area (Å²) in [5, 5.41) is 0. The monoisotopic (exact) mass is 368 g/mol. The Morgan fingerprint density at radius 1 is 1.07 bits per heavy atom. The predicted octanol–water partition coefficient (Wildman–Crippen LogP) is 8.34. The van der Waals surface area contributed by atoms with Gasteiger partial charge in [0.25, 0.3) is 0 Å². The fraction of sp³-hybridized carbons (Fsp3) is 0.852. The molecule has 0 radical (unpaired) electrons. The minimum absolute atomic E-state index is 0.501. The van der Waals surface area contributed by atoms with Crippen LogP contribution in [0.4, 0.5) is 0 Å². The molecule has 4 rings (SSSR count). The number of hydrogen-bond acceptors (Lipinski definition) is 0. The standard InChI is InChI=1S/C27H44/c1-19(2)8-6-7-9-21-11-13-24-23-12-10-22-18-20(3)14-16-27(22,5)25(23)15-17-26(21,24)4/h10,19,21,23-25H,3,6-9,11-18H2,1-2,4-5H3. The number of allylic oxidation sites excluding steroid dienone is 3. The fourth-order valence-corrected chi connectivity index (χ4v) is 8.10. The minimum atomic E-state index is 0.501. The van der Waals surface area contributed by atoms with Crippen molar-refractivity contribution in [3.63, 3.8) is 0 Å². The first kappa shape index (κ1) is 19.8. The Hall–Kier alpha value is -0.520. The van der Waals surface area contributed by atoms with Crippen LogP contribution in [0.1, 0.15) is 105 Å². The summed E-state index contributed by atoms with van der Waals surface area (Å²) in [6.07, 6.45) is 19.9.